The van der Waals surface area contributed by atoms with Gasteiger partial charge in [0.1, 0.15) is 0 Å². The molecule has 4 heteroatoms. The van der Waals surface area contributed by atoms with Gasteiger partial charge in [0.25, 0.3) is 0 Å². The second-order valence-corrected chi connectivity index (χ2v) is 2.11. The molecule has 0 radical (unpaired) electrons. The fourth-order valence-electron chi connectivity index (χ4n) is 0.584. The highest BCUT2D eigenvalue weighted by atomic mass is 35.5. The molecule has 1 rings (SSSR count). The van der Waals surface area contributed by atoms with E-state index in [1.54, 1.807) is 6.92 Å². The van der Waals surface area contributed by atoms with Crippen LogP contribution in [0.25, 0.3) is 0 Å². The maximum Gasteiger partial charge on any atom is 0.222 e. The molecule has 1 aliphatic rings. The lowest BCUT2D eigenvalue weighted by atomic mass is 10.4. The molecule has 0 N–H and O–H groups in total. The monoisotopic (exact) mass is 149 g/mol. The summed E-state index contributed by atoms with van der Waals surface area (Å²) < 4.78 is 5.13. The number of oxime groups is 1. The van der Waals surface area contributed by atoms with Gasteiger partial charge in [-0.15, -0.1) is 11.6 Å². The summed E-state index contributed by atoms with van der Waals surface area (Å²) in [5.74, 6) is 0.999. The first-order chi connectivity index (χ1) is 4.33. The molecular formula is C5H8ClNO2. The summed E-state index contributed by atoms with van der Waals surface area (Å²) in [5, 5.41) is 3.56. The number of ether oxygens (including phenoxy) is 1. The van der Waals surface area contributed by atoms with E-state index in [1.165, 1.54) is 0 Å². The largest absolute Gasteiger partial charge is 0.470 e. The Labute approximate surface area is 58.6 Å². The van der Waals surface area contributed by atoms with E-state index >= 15 is 0 Å². The van der Waals surface area contributed by atoms with Crippen LogP contribution >= 0.6 is 11.6 Å². The molecule has 0 aromatic carbocycles. The Kier molecular flexibility index (Phi) is 2.16. The van der Waals surface area contributed by atoms with Crippen molar-refractivity contribution in [3.05, 3.63) is 0 Å². The van der Waals surface area contributed by atoms with Gasteiger partial charge in [-0.3, -0.25) is 0 Å². The third-order valence-corrected chi connectivity index (χ3v) is 1.31. The Hall–Kier alpha value is -0.440. The number of rotatable bonds is 1. The van der Waals surface area contributed by atoms with E-state index in [1.807, 2.05) is 0 Å². The fraction of sp³-hybridized carbons (Fsp3) is 0.800. The molecular weight excluding hydrogens is 142 g/mol. The standard InChI is InChI=1S/C5H8ClNO2/c1-4-7-8-3-5(2-6)9-4/h5H,2-3H2,1H3. The minimum absolute atomic E-state index is 0.0239. The van der Waals surface area contributed by atoms with Crippen molar-refractivity contribution in [1.29, 1.82) is 0 Å². The molecule has 0 aromatic rings. The fourth-order valence-corrected chi connectivity index (χ4v) is 0.736. The zero-order chi connectivity index (χ0) is 6.69. The molecule has 0 bridgehead atoms. The first kappa shape index (κ1) is 6.68. The first-order valence-corrected chi connectivity index (χ1v) is 3.25. The van der Waals surface area contributed by atoms with Crippen molar-refractivity contribution in [2.24, 2.45) is 5.16 Å². The summed E-state index contributed by atoms with van der Waals surface area (Å²) in [4.78, 5) is 4.76. The van der Waals surface area contributed by atoms with Crippen LogP contribution in [-0.4, -0.2) is 24.5 Å². The Balaban J connectivity index is 2.39. The summed E-state index contributed by atoms with van der Waals surface area (Å²) in [5.41, 5.74) is 0. The summed E-state index contributed by atoms with van der Waals surface area (Å²) in [6.45, 7) is 2.19. The molecule has 0 aromatic heterocycles. The van der Waals surface area contributed by atoms with Gasteiger partial charge in [-0.25, -0.2) is 0 Å². The summed E-state index contributed by atoms with van der Waals surface area (Å²) in [6.07, 6.45) is -0.0239. The average Bonchev–Trinajstić information content (AvgIpc) is 1.88. The zero-order valence-corrected chi connectivity index (χ0v) is 5.89. The van der Waals surface area contributed by atoms with Crippen molar-refractivity contribution in [1.82, 2.24) is 0 Å². The molecule has 0 saturated heterocycles. The van der Waals surface area contributed by atoms with Crippen molar-refractivity contribution in [2.75, 3.05) is 12.5 Å². The normalized spacial score (nSPS) is 26.0. The molecule has 1 heterocycles. The van der Waals surface area contributed by atoms with Gasteiger partial charge in [0.15, 0.2) is 12.7 Å². The van der Waals surface area contributed by atoms with Crippen molar-refractivity contribution >= 4 is 17.5 Å². The van der Waals surface area contributed by atoms with Crippen molar-refractivity contribution in [3.8, 4) is 0 Å². The number of hydrogen-bond donors (Lipinski definition) is 0. The Morgan fingerprint density at radius 2 is 2.67 bits per heavy atom. The minimum Gasteiger partial charge on any atom is -0.470 e. The van der Waals surface area contributed by atoms with Crippen molar-refractivity contribution in [3.63, 3.8) is 0 Å². The molecule has 3 nitrogen and oxygen atoms in total. The minimum atomic E-state index is -0.0239. The molecule has 0 saturated carbocycles. The topological polar surface area (TPSA) is 30.8 Å². The van der Waals surface area contributed by atoms with Crippen LogP contribution < -0.4 is 0 Å². The van der Waals surface area contributed by atoms with Gasteiger partial charge in [0.2, 0.25) is 5.90 Å². The van der Waals surface area contributed by atoms with Gasteiger partial charge in [-0.1, -0.05) is 5.16 Å². The molecule has 0 amide bonds. The first-order valence-electron chi connectivity index (χ1n) is 2.72. The smallest absolute Gasteiger partial charge is 0.222 e. The van der Waals surface area contributed by atoms with E-state index in [-0.39, 0.29) is 6.10 Å². The summed E-state index contributed by atoms with van der Waals surface area (Å²) in [6, 6.07) is 0. The van der Waals surface area contributed by atoms with E-state index in [9.17, 15) is 0 Å². The molecule has 0 aliphatic carbocycles. The number of hydrogen-bond acceptors (Lipinski definition) is 3. The predicted octanol–water partition coefficient (Wildman–Crippen LogP) is 0.974. The van der Waals surface area contributed by atoms with Gasteiger partial charge >= 0.3 is 0 Å². The molecule has 0 fully saturated rings. The molecule has 1 atom stereocenters. The quantitative estimate of drug-likeness (QED) is 0.521. The van der Waals surface area contributed by atoms with Crippen LogP contribution in [0.3, 0.4) is 0 Å². The Morgan fingerprint density at radius 1 is 1.89 bits per heavy atom. The zero-order valence-electron chi connectivity index (χ0n) is 5.13. The van der Waals surface area contributed by atoms with Crippen LogP contribution in [0.1, 0.15) is 6.92 Å². The number of alkyl halides is 1. The summed E-state index contributed by atoms with van der Waals surface area (Å²) in [7, 11) is 0. The van der Waals surface area contributed by atoms with Crippen LogP contribution in [-0.2, 0) is 9.57 Å². The highest BCUT2D eigenvalue weighted by Gasteiger charge is 2.14. The van der Waals surface area contributed by atoms with Crippen LogP contribution in [0.5, 0.6) is 0 Å². The maximum atomic E-state index is 5.49. The molecule has 0 spiro atoms. The van der Waals surface area contributed by atoms with Gasteiger partial charge in [-0.2, -0.15) is 0 Å². The number of nitrogens with zero attached hydrogens (tertiary/aromatic N) is 1. The molecule has 52 valence electrons. The second-order valence-electron chi connectivity index (χ2n) is 1.80. The lowest BCUT2D eigenvalue weighted by Crippen LogP contribution is -2.27. The van der Waals surface area contributed by atoms with Crippen molar-refractivity contribution < 1.29 is 9.57 Å². The van der Waals surface area contributed by atoms with Crippen LogP contribution in [0.15, 0.2) is 5.16 Å². The Bertz CT molecular complexity index is 126. The SMILES string of the molecule is CC1=NOCC(CCl)O1. The van der Waals surface area contributed by atoms with E-state index < -0.39 is 0 Å². The second kappa shape index (κ2) is 2.92. The lowest BCUT2D eigenvalue weighted by molar-refractivity contribution is 0.0195. The summed E-state index contributed by atoms with van der Waals surface area (Å²) >= 11 is 5.49. The molecule has 1 unspecified atom stereocenters. The van der Waals surface area contributed by atoms with Gasteiger partial charge in [0.05, 0.1) is 5.88 Å². The van der Waals surface area contributed by atoms with Gasteiger partial charge in [-0.05, 0) is 0 Å². The molecule has 9 heavy (non-hydrogen) atoms. The molecule has 1 aliphatic heterocycles. The van der Waals surface area contributed by atoms with E-state index in [4.69, 9.17) is 21.2 Å². The Morgan fingerprint density at radius 3 is 3.11 bits per heavy atom. The van der Waals surface area contributed by atoms with Crippen molar-refractivity contribution in [2.45, 2.75) is 13.0 Å². The van der Waals surface area contributed by atoms with Gasteiger partial charge < -0.3 is 9.57 Å². The highest BCUT2D eigenvalue weighted by molar-refractivity contribution is 6.18. The lowest BCUT2D eigenvalue weighted by Gasteiger charge is -2.18. The number of halogens is 1. The maximum absolute atomic E-state index is 5.49. The van der Waals surface area contributed by atoms with Crippen LogP contribution in [0.2, 0.25) is 0 Å². The van der Waals surface area contributed by atoms with Crippen LogP contribution in [0.4, 0.5) is 0 Å². The van der Waals surface area contributed by atoms with E-state index in [0.29, 0.717) is 18.4 Å². The third-order valence-electron chi connectivity index (χ3n) is 0.963. The van der Waals surface area contributed by atoms with Gasteiger partial charge in [0, 0.05) is 6.92 Å². The third kappa shape index (κ3) is 1.75. The predicted molar refractivity (Wildman–Crippen MR) is 34.7 cm³/mol. The average molecular weight is 150 g/mol. The van der Waals surface area contributed by atoms with E-state index in [0.717, 1.165) is 0 Å². The van der Waals surface area contributed by atoms with E-state index in [2.05, 4.69) is 5.16 Å². The highest BCUT2D eigenvalue weighted by Crippen LogP contribution is 2.03. The van der Waals surface area contributed by atoms with Crippen LogP contribution in [0, 0.1) is 0 Å².